The van der Waals surface area contributed by atoms with Gasteiger partial charge < -0.3 is 0 Å². The Morgan fingerprint density at radius 1 is 0.522 bits per heavy atom. The molecule has 4 rings (SSSR count). The molecule has 23 heavy (non-hydrogen) atoms. The summed E-state index contributed by atoms with van der Waals surface area (Å²) in [6, 6.07) is 32.6. The van der Waals surface area contributed by atoms with Gasteiger partial charge in [0.1, 0.15) is 0 Å². The first-order valence-electron chi connectivity index (χ1n) is 7.96. The SMILES string of the molecule is Cc1cccc(-c2ccc3cccc(-c4ccccc4)c3c2)c1. The quantitative estimate of drug-likeness (QED) is 0.397. The minimum atomic E-state index is 1.26. The highest BCUT2D eigenvalue weighted by Gasteiger charge is 2.05. The van der Waals surface area contributed by atoms with E-state index in [1.54, 1.807) is 0 Å². The van der Waals surface area contributed by atoms with E-state index in [1.165, 1.54) is 38.6 Å². The summed E-state index contributed by atoms with van der Waals surface area (Å²) in [4.78, 5) is 0. The molecule has 0 saturated carbocycles. The molecule has 110 valence electrons. The molecule has 4 aromatic carbocycles. The van der Waals surface area contributed by atoms with Crippen molar-refractivity contribution >= 4 is 10.8 Å². The molecule has 0 unspecified atom stereocenters. The molecule has 0 aliphatic heterocycles. The van der Waals surface area contributed by atoms with Gasteiger partial charge in [0, 0.05) is 0 Å². The van der Waals surface area contributed by atoms with Crippen LogP contribution in [0.2, 0.25) is 0 Å². The molecule has 0 bridgehead atoms. The van der Waals surface area contributed by atoms with Crippen LogP contribution in [-0.2, 0) is 0 Å². The first-order valence-corrected chi connectivity index (χ1v) is 7.96. The van der Waals surface area contributed by atoms with Crippen molar-refractivity contribution in [1.29, 1.82) is 0 Å². The average Bonchev–Trinajstić information content (AvgIpc) is 2.61. The lowest BCUT2D eigenvalue weighted by Crippen LogP contribution is -1.84. The number of hydrogen-bond acceptors (Lipinski definition) is 0. The summed E-state index contributed by atoms with van der Waals surface area (Å²) in [5.74, 6) is 0. The van der Waals surface area contributed by atoms with E-state index in [-0.39, 0.29) is 0 Å². The minimum absolute atomic E-state index is 1.26. The van der Waals surface area contributed by atoms with Crippen LogP contribution in [0, 0.1) is 6.92 Å². The lowest BCUT2D eigenvalue weighted by Gasteiger charge is -2.10. The topological polar surface area (TPSA) is 0 Å². The standard InChI is InChI=1S/C23H18/c1-17-7-5-11-20(15-17)21-14-13-19-10-6-12-22(23(19)16-21)18-8-3-2-4-9-18/h2-16H,1H3. The van der Waals surface area contributed by atoms with Gasteiger partial charge in [-0.25, -0.2) is 0 Å². The number of fused-ring (bicyclic) bond motifs is 1. The van der Waals surface area contributed by atoms with Gasteiger partial charge in [0.05, 0.1) is 0 Å². The summed E-state index contributed by atoms with van der Waals surface area (Å²) in [7, 11) is 0. The molecule has 4 aromatic rings. The molecule has 0 aliphatic carbocycles. The van der Waals surface area contributed by atoms with E-state index >= 15 is 0 Å². The Bertz CT molecular complexity index is 965. The van der Waals surface area contributed by atoms with E-state index in [0.717, 1.165) is 0 Å². The Balaban J connectivity index is 1.94. The van der Waals surface area contributed by atoms with E-state index in [9.17, 15) is 0 Å². The van der Waals surface area contributed by atoms with Gasteiger partial charge in [-0.1, -0.05) is 90.5 Å². The van der Waals surface area contributed by atoms with Crippen molar-refractivity contribution in [2.75, 3.05) is 0 Å². The minimum Gasteiger partial charge on any atom is -0.0622 e. The lowest BCUT2D eigenvalue weighted by atomic mass is 9.94. The Labute approximate surface area is 137 Å². The van der Waals surface area contributed by atoms with Crippen molar-refractivity contribution in [3.05, 3.63) is 96.6 Å². The molecule has 0 aliphatic rings. The first-order chi connectivity index (χ1) is 11.3. The Hall–Kier alpha value is -2.86. The average molecular weight is 294 g/mol. The lowest BCUT2D eigenvalue weighted by molar-refractivity contribution is 1.47. The zero-order valence-electron chi connectivity index (χ0n) is 13.2. The summed E-state index contributed by atoms with van der Waals surface area (Å²) in [5, 5.41) is 2.58. The number of rotatable bonds is 2. The fourth-order valence-electron chi connectivity index (χ4n) is 3.15. The molecule has 0 saturated heterocycles. The molecule has 0 heterocycles. The molecule has 0 nitrogen and oxygen atoms in total. The van der Waals surface area contributed by atoms with Gasteiger partial charge >= 0.3 is 0 Å². The number of aryl methyl sites for hydroxylation is 1. The van der Waals surface area contributed by atoms with Gasteiger partial charge in [-0.15, -0.1) is 0 Å². The zero-order chi connectivity index (χ0) is 15.6. The largest absolute Gasteiger partial charge is 0.0622 e. The van der Waals surface area contributed by atoms with Gasteiger partial charge in [-0.05, 0) is 46.0 Å². The Morgan fingerprint density at radius 2 is 1.26 bits per heavy atom. The van der Waals surface area contributed by atoms with Crippen molar-refractivity contribution in [3.63, 3.8) is 0 Å². The normalized spacial score (nSPS) is 10.8. The van der Waals surface area contributed by atoms with Crippen molar-refractivity contribution in [2.24, 2.45) is 0 Å². The highest BCUT2D eigenvalue weighted by atomic mass is 14.1. The van der Waals surface area contributed by atoms with Crippen molar-refractivity contribution < 1.29 is 0 Å². The monoisotopic (exact) mass is 294 g/mol. The summed E-state index contributed by atoms with van der Waals surface area (Å²) in [6.07, 6.45) is 0. The molecule has 0 radical (unpaired) electrons. The van der Waals surface area contributed by atoms with Gasteiger partial charge in [-0.2, -0.15) is 0 Å². The van der Waals surface area contributed by atoms with Crippen LogP contribution in [0.15, 0.2) is 91.0 Å². The van der Waals surface area contributed by atoms with E-state index in [1.807, 2.05) is 0 Å². The molecule has 0 N–H and O–H groups in total. The molecule has 0 atom stereocenters. The second-order valence-corrected chi connectivity index (χ2v) is 5.98. The van der Waals surface area contributed by atoms with Crippen LogP contribution < -0.4 is 0 Å². The van der Waals surface area contributed by atoms with Crippen LogP contribution >= 0.6 is 0 Å². The fraction of sp³-hybridized carbons (Fsp3) is 0.0435. The van der Waals surface area contributed by atoms with Gasteiger partial charge in [0.15, 0.2) is 0 Å². The number of hydrogen-bond donors (Lipinski definition) is 0. The molecule has 0 aromatic heterocycles. The smallest absolute Gasteiger partial charge is 0.00992 e. The summed E-state index contributed by atoms with van der Waals surface area (Å²) in [5.41, 5.74) is 6.38. The van der Waals surface area contributed by atoms with E-state index in [0.29, 0.717) is 0 Å². The van der Waals surface area contributed by atoms with Gasteiger partial charge in [-0.3, -0.25) is 0 Å². The predicted molar refractivity (Wildman–Crippen MR) is 99.6 cm³/mol. The first kappa shape index (κ1) is 13.8. The Morgan fingerprint density at radius 3 is 2.09 bits per heavy atom. The highest BCUT2D eigenvalue weighted by Crippen LogP contribution is 2.32. The van der Waals surface area contributed by atoms with E-state index in [2.05, 4.69) is 97.9 Å². The summed E-state index contributed by atoms with van der Waals surface area (Å²) < 4.78 is 0. The van der Waals surface area contributed by atoms with E-state index < -0.39 is 0 Å². The summed E-state index contributed by atoms with van der Waals surface area (Å²) >= 11 is 0. The van der Waals surface area contributed by atoms with Gasteiger partial charge in [0.25, 0.3) is 0 Å². The third-order valence-electron chi connectivity index (χ3n) is 4.32. The maximum absolute atomic E-state index is 2.31. The molecule has 0 fully saturated rings. The van der Waals surface area contributed by atoms with Crippen LogP contribution in [0.5, 0.6) is 0 Å². The van der Waals surface area contributed by atoms with Crippen LogP contribution in [0.4, 0.5) is 0 Å². The van der Waals surface area contributed by atoms with Crippen LogP contribution in [0.1, 0.15) is 5.56 Å². The second kappa shape index (κ2) is 5.73. The van der Waals surface area contributed by atoms with Crippen LogP contribution in [0.25, 0.3) is 33.0 Å². The molecule has 0 spiro atoms. The zero-order valence-corrected chi connectivity index (χ0v) is 13.2. The van der Waals surface area contributed by atoms with E-state index in [4.69, 9.17) is 0 Å². The Kier molecular flexibility index (Phi) is 3.44. The van der Waals surface area contributed by atoms with Crippen LogP contribution in [-0.4, -0.2) is 0 Å². The highest BCUT2D eigenvalue weighted by molar-refractivity contribution is 5.99. The van der Waals surface area contributed by atoms with Crippen molar-refractivity contribution in [1.82, 2.24) is 0 Å². The molecular formula is C23H18. The predicted octanol–water partition coefficient (Wildman–Crippen LogP) is 6.48. The molecule has 0 heteroatoms. The molecular weight excluding hydrogens is 276 g/mol. The molecule has 0 amide bonds. The van der Waals surface area contributed by atoms with Gasteiger partial charge in [0.2, 0.25) is 0 Å². The third-order valence-corrected chi connectivity index (χ3v) is 4.32. The maximum Gasteiger partial charge on any atom is -0.00992 e. The van der Waals surface area contributed by atoms with Crippen LogP contribution in [0.3, 0.4) is 0 Å². The maximum atomic E-state index is 2.31. The summed E-state index contributed by atoms with van der Waals surface area (Å²) in [6.45, 7) is 2.14. The number of benzene rings is 4. The van der Waals surface area contributed by atoms with Crippen molar-refractivity contribution in [3.8, 4) is 22.3 Å². The fourth-order valence-corrected chi connectivity index (χ4v) is 3.15. The van der Waals surface area contributed by atoms with Crippen molar-refractivity contribution in [2.45, 2.75) is 6.92 Å². The second-order valence-electron chi connectivity index (χ2n) is 5.98. The third kappa shape index (κ3) is 2.64.